The van der Waals surface area contributed by atoms with Gasteiger partial charge in [-0.05, 0) is 47.5 Å². The van der Waals surface area contributed by atoms with Crippen molar-refractivity contribution < 1.29 is 4.74 Å². The number of nitriles is 1. The summed E-state index contributed by atoms with van der Waals surface area (Å²) in [7, 11) is 0. The van der Waals surface area contributed by atoms with E-state index in [-0.39, 0.29) is 5.54 Å². The largest absolute Gasteiger partial charge is 0.491 e. The Morgan fingerprint density at radius 3 is 2.75 bits per heavy atom. The maximum atomic E-state index is 8.72. The summed E-state index contributed by atoms with van der Waals surface area (Å²) < 4.78 is 6.39. The SMILES string of the molecule is CCC(C)(N)COc1ccc(C#N)cc1Br. The van der Waals surface area contributed by atoms with Gasteiger partial charge >= 0.3 is 0 Å². The predicted octanol–water partition coefficient (Wildman–Crippen LogP) is 2.83. The highest BCUT2D eigenvalue weighted by atomic mass is 79.9. The minimum absolute atomic E-state index is 0.326. The van der Waals surface area contributed by atoms with Gasteiger partial charge in [-0.3, -0.25) is 0 Å². The fourth-order valence-electron chi connectivity index (χ4n) is 1.03. The van der Waals surface area contributed by atoms with Crippen LogP contribution in [0.4, 0.5) is 0 Å². The lowest BCUT2D eigenvalue weighted by Gasteiger charge is -2.23. The molecule has 0 amide bonds. The molecule has 16 heavy (non-hydrogen) atoms. The van der Waals surface area contributed by atoms with Crippen LogP contribution in [0.2, 0.25) is 0 Å². The van der Waals surface area contributed by atoms with Crippen molar-refractivity contribution in [2.75, 3.05) is 6.61 Å². The number of halogens is 1. The fourth-order valence-corrected chi connectivity index (χ4v) is 1.53. The molecule has 1 rings (SSSR count). The van der Waals surface area contributed by atoms with E-state index in [1.807, 2.05) is 13.8 Å². The second-order valence-electron chi connectivity index (χ2n) is 4.05. The van der Waals surface area contributed by atoms with Crippen molar-refractivity contribution in [3.8, 4) is 11.8 Å². The zero-order valence-corrected chi connectivity index (χ0v) is 11.0. The topological polar surface area (TPSA) is 59.0 Å². The smallest absolute Gasteiger partial charge is 0.133 e. The third kappa shape index (κ3) is 3.51. The number of rotatable bonds is 4. The summed E-state index contributed by atoms with van der Waals surface area (Å²) in [5.41, 5.74) is 6.25. The average Bonchev–Trinajstić information content (AvgIpc) is 2.27. The lowest BCUT2D eigenvalue weighted by molar-refractivity contribution is 0.225. The van der Waals surface area contributed by atoms with E-state index in [1.54, 1.807) is 18.2 Å². The lowest BCUT2D eigenvalue weighted by atomic mass is 10.0. The zero-order chi connectivity index (χ0) is 12.2. The van der Waals surface area contributed by atoms with Gasteiger partial charge < -0.3 is 10.5 Å². The molecule has 0 bridgehead atoms. The highest BCUT2D eigenvalue weighted by molar-refractivity contribution is 9.10. The number of nitrogens with zero attached hydrogens (tertiary/aromatic N) is 1. The van der Waals surface area contributed by atoms with Gasteiger partial charge in [0.25, 0.3) is 0 Å². The van der Waals surface area contributed by atoms with Gasteiger partial charge in [-0.2, -0.15) is 5.26 Å². The highest BCUT2D eigenvalue weighted by Gasteiger charge is 2.17. The van der Waals surface area contributed by atoms with Gasteiger partial charge in [0.1, 0.15) is 12.4 Å². The van der Waals surface area contributed by atoms with Crippen molar-refractivity contribution >= 4 is 15.9 Å². The molecule has 2 N–H and O–H groups in total. The summed E-state index contributed by atoms with van der Waals surface area (Å²) in [6, 6.07) is 7.29. The van der Waals surface area contributed by atoms with E-state index >= 15 is 0 Å². The number of ether oxygens (including phenoxy) is 1. The van der Waals surface area contributed by atoms with Crippen molar-refractivity contribution in [1.29, 1.82) is 5.26 Å². The van der Waals surface area contributed by atoms with Crippen molar-refractivity contribution in [3.63, 3.8) is 0 Å². The van der Waals surface area contributed by atoms with Gasteiger partial charge in [-0.15, -0.1) is 0 Å². The van der Waals surface area contributed by atoms with E-state index in [0.29, 0.717) is 17.9 Å². The average molecular weight is 283 g/mol. The van der Waals surface area contributed by atoms with Crippen molar-refractivity contribution in [2.24, 2.45) is 5.73 Å². The Bertz CT molecular complexity index is 410. The van der Waals surface area contributed by atoms with Crippen LogP contribution in [0.5, 0.6) is 5.75 Å². The Balaban J connectivity index is 2.73. The molecule has 1 atom stereocenters. The molecule has 1 aromatic rings. The minimum Gasteiger partial charge on any atom is -0.491 e. The first-order valence-corrected chi connectivity index (χ1v) is 5.89. The molecule has 0 fully saturated rings. The van der Waals surface area contributed by atoms with Gasteiger partial charge in [0.15, 0.2) is 0 Å². The molecule has 0 saturated heterocycles. The van der Waals surface area contributed by atoms with E-state index in [9.17, 15) is 0 Å². The maximum Gasteiger partial charge on any atom is 0.133 e. The normalized spacial score (nSPS) is 13.9. The fraction of sp³-hybridized carbons (Fsp3) is 0.417. The first-order valence-electron chi connectivity index (χ1n) is 5.10. The molecule has 0 saturated carbocycles. The second-order valence-corrected chi connectivity index (χ2v) is 4.91. The highest BCUT2D eigenvalue weighted by Crippen LogP contribution is 2.26. The molecule has 0 heterocycles. The summed E-state index contributed by atoms with van der Waals surface area (Å²) in [5.74, 6) is 0.712. The van der Waals surface area contributed by atoms with E-state index in [1.165, 1.54) is 0 Å². The third-order valence-electron chi connectivity index (χ3n) is 2.43. The Labute approximate surface area is 104 Å². The van der Waals surface area contributed by atoms with Crippen LogP contribution in [-0.4, -0.2) is 12.1 Å². The molecular weight excluding hydrogens is 268 g/mol. The maximum absolute atomic E-state index is 8.72. The van der Waals surface area contributed by atoms with Gasteiger partial charge in [-0.1, -0.05) is 6.92 Å². The molecule has 0 spiro atoms. The van der Waals surface area contributed by atoms with Gasteiger partial charge in [0.2, 0.25) is 0 Å². The number of benzene rings is 1. The van der Waals surface area contributed by atoms with Gasteiger partial charge in [0, 0.05) is 5.54 Å². The molecule has 0 aliphatic rings. The summed E-state index contributed by atoms with van der Waals surface area (Å²) in [5, 5.41) is 8.72. The van der Waals surface area contributed by atoms with Crippen molar-refractivity contribution in [2.45, 2.75) is 25.8 Å². The van der Waals surface area contributed by atoms with Crippen LogP contribution < -0.4 is 10.5 Å². The number of hydrogen-bond acceptors (Lipinski definition) is 3. The molecule has 0 radical (unpaired) electrons. The Morgan fingerprint density at radius 1 is 1.56 bits per heavy atom. The van der Waals surface area contributed by atoms with Crippen LogP contribution in [0.3, 0.4) is 0 Å². The summed E-state index contributed by atoms with van der Waals surface area (Å²) in [4.78, 5) is 0. The monoisotopic (exact) mass is 282 g/mol. The third-order valence-corrected chi connectivity index (χ3v) is 3.05. The molecule has 86 valence electrons. The Kier molecular flexibility index (Phi) is 4.34. The van der Waals surface area contributed by atoms with Crippen LogP contribution in [0, 0.1) is 11.3 Å². The standard InChI is InChI=1S/C12H15BrN2O/c1-3-12(2,15)8-16-11-5-4-9(7-14)6-10(11)13/h4-6H,3,8,15H2,1-2H3. The summed E-state index contributed by atoms with van der Waals surface area (Å²) in [6.45, 7) is 4.43. The molecule has 1 unspecified atom stereocenters. The molecular formula is C12H15BrN2O. The van der Waals surface area contributed by atoms with Crippen LogP contribution in [-0.2, 0) is 0 Å². The van der Waals surface area contributed by atoms with Crippen LogP contribution >= 0.6 is 15.9 Å². The lowest BCUT2D eigenvalue weighted by Crippen LogP contribution is -2.41. The Morgan fingerprint density at radius 2 is 2.25 bits per heavy atom. The van der Waals surface area contributed by atoms with E-state index < -0.39 is 0 Å². The summed E-state index contributed by atoms with van der Waals surface area (Å²) in [6.07, 6.45) is 0.848. The number of nitrogens with two attached hydrogens (primary N) is 1. The summed E-state index contributed by atoms with van der Waals surface area (Å²) >= 11 is 3.36. The molecule has 1 aromatic carbocycles. The van der Waals surface area contributed by atoms with Gasteiger partial charge in [-0.25, -0.2) is 0 Å². The van der Waals surface area contributed by atoms with Crippen molar-refractivity contribution in [3.05, 3.63) is 28.2 Å². The van der Waals surface area contributed by atoms with Crippen LogP contribution in [0.15, 0.2) is 22.7 Å². The van der Waals surface area contributed by atoms with Crippen LogP contribution in [0.25, 0.3) is 0 Å². The molecule has 4 heteroatoms. The van der Waals surface area contributed by atoms with Crippen molar-refractivity contribution in [1.82, 2.24) is 0 Å². The zero-order valence-electron chi connectivity index (χ0n) is 9.46. The molecule has 0 aromatic heterocycles. The predicted molar refractivity (Wildman–Crippen MR) is 67.2 cm³/mol. The molecule has 0 aliphatic heterocycles. The van der Waals surface area contributed by atoms with E-state index in [4.69, 9.17) is 15.7 Å². The van der Waals surface area contributed by atoms with E-state index in [0.717, 1.165) is 10.9 Å². The van der Waals surface area contributed by atoms with Crippen LogP contribution in [0.1, 0.15) is 25.8 Å². The van der Waals surface area contributed by atoms with E-state index in [2.05, 4.69) is 22.0 Å². The Hall–Kier alpha value is -1.05. The first-order chi connectivity index (χ1) is 7.48. The number of hydrogen-bond donors (Lipinski definition) is 1. The second kappa shape index (κ2) is 5.33. The van der Waals surface area contributed by atoms with Gasteiger partial charge in [0.05, 0.1) is 16.1 Å². The quantitative estimate of drug-likeness (QED) is 0.924. The minimum atomic E-state index is -0.326. The molecule has 3 nitrogen and oxygen atoms in total. The first kappa shape index (κ1) is 13.0. The molecule has 0 aliphatic carbocycles.